The van der Waals surface area contributed by atoms with Gasteiger partial charge in [0, 0.05) is 25.2 Å². The Morgan fingerprint density at radius 2 is 1.64 bits per heavy atom. The molecule has 1 aliphatic heterocycles. The number of nitrogens with zero attached hydrogens (tertiary/aromatic N) is 2. The first-order chi connectivity index (χ1) is 13.1. The van der Waals surface area contributed by atoms with Crippen LogP contribution in [0.1, 0.15) is 37.6 Å². The van der Waals surface area contributed by atoms with Gasteiger partial charge in [-0.3, -0.25) is 9.59 Å². The Morgan fingerprint density at radius 3 is 2.21 bits per heavy atom. The number of benzene rings is 1. The van der Waals surface area contributed by atoms with Crippen LogP contribution in [0.5, 0.6) is 0 Å². The third-order valence-corrected chi connectivity index (χ3v) is 4.28. The van der Waals surface area contributed by atoms with E-state index in [1.54, 1.807) is 51.1 Å². The fraction of sp³-hybridized carbons (Fsp3) is 0.500. The van der Waals surface area contributed by atoms with Crippen LogP contribution in [0.3, 0.4) is 0 Å². The molecule has 1 heterocycles. The van der Waals surface area contributed by atoms with E-state index in [0.29, 0.717) is 5.56 Å². The van der Waals surface area contributed by atoms with E-state index in [-0.39, 0.29) is 32.0 Å². The van der Waals surface area contributed by atoms with Gasteiger partial charge in [0.1, 0.15) is 11.6 Å². The number of rotatable bonds is 3. The summed E-state index contributed by atoms with van der Waals surface area (Å²) in [7, 11) is 1.12. The first kappa shape index (κ1) is 21.4. The molecule has 152 valence electrons. The zero-order chi connectivity index (χ0) is 20.9. The van der Waals surface area contributed by atoms with Gasteiger partial charge in [0.2, 0.25) is 0 Å². The first-order valence-corrected chi connectivity index (χ1v) is 9.10. The van der Waals surface area contributed by atoms with Crippen molar-refractivity contribution in [3.8, 4) is 0 Å². The molecule has 0 spiro atoms. The third kappa shape index (κ3) is 5.31. The minimum Gasteiger partial charge on any atom is -0.463 e. The Hall–Kier alpha value is -2.90. The van der Waals surface area contributed by atoms with Crippen LogP contribution in [-0.4, -0.2) is 71.9 Å². The number of carbonyl (C=O) groups excluding carboxylic acids is 4. The molecule has 1 saturated heterocycles. The van der Waals surface area contributed by atoms with Crippen LogP contribution in [0, 0.1) is 0 Å². The number of esters is 1. The molecular formula is C20H26N2O6. The molecule has 1 atom stereocenters. The largest absolute Gasteiger partial charge is 0.463 e. The second-order valence-corrected chi connectivity index (χ2v) is 7.49. The molecule has 1 unspecified atom stereocenters. The van der Waals surface area contributed by atoms with Gasteiger partial charge in [-0.2, -0.15) is 0 Å². The summed E-state index contributed by atoms with van der Waals surface area (Å²) < 4.78 is 9.93. The van der Waals surface area contributed by atoms with E-state index in [1.165, 1.54) is 9.80 Å². The Morgan fingerprint density at radius 1 is 1.00 bits per heavy atom. The van der Waals surface area contributed by atoms with Crippen molar-refractivity contribution in [3.63, 3.8) is 0 Å². The van der Waals surface area contributed by atoms with E-state index < -0.39 is 29.5 Å². The molecule has 1 fully saturated rings. The van der Waals surface area contributed by atoms with Gasteiger partial charge < -0.3 is 19.3 Å². The van der Waals surface area contributed by atoms with Crippen molar-refractivity contribution in [2.45, 2.75) is 38.8 Å². The molecule has 8 nitrogen and oxygen atoms in total. The van der Waals surface area contributed by atoms with E-state index in [0.717, 1.165) is 7.11 Å². The van der Waals surface area contributed by atoms with E-state index >= 15 is 0 Å². The molecule has 1 aliphatic rings. The maximum absolute atomic E-state index is 13.0. The highest BCUT2D eigenvalue weighted by Gasteiger charge is 2.38. The van der Waals surface area contributed by atoms with E-state index in [2.05, 4.69) is 4.74 Å². The van der Waals surface area contributed by atoms with E-state index in [4.69, 9.17) is 4.74 Å². The predicted molar refractivity (Wildman–Crippen MR) is 101 cm³/mol. The van der Waals surface area contributed by atoms with Crippen molar-refractivity contribution in [1.29, 1.82) is 0 Å². The highest BCUT2D eigenvalue weighted by atomic mass is 16.6. The number of Topliss-reactive ketones (excluding diaryl/α,β-unsaturated/α-hetero) is 1. The van der Waals surface area contributed by atoms with Gasteiger partial charge in [0.25, 0.3) is 11.7 Å². The Labute approximate surface area is 164 Å². The summed E-state index contributed by atoms with van der Waals surface area (Å²) in [5.41, 5.74) is -0.264. The average molecular weight is 390 g/mol. The smallest absolute Gasteiger partial charge is 0.410 e. The van der Waals surface area contributed by atoms with Gasteiger partial charge >= 0.3 is 12.1 Å². The number of hydrogen-bond acceptors (Lipinski definition) is 6. The quantitative estimate of drug-likeness (QED) is 0.578. The maximum Gasteiger partial charge on any atom is 0.410 e. The van der Waals surface area contributed by atoms with Crippen molar-refractivity contribution in [3.05, 3.63) is 35.9 Å². The van der Waals surface area contributed by atoms with Crippen LogP contribution in [0.2, 0.25) is 0 Å². The predicted octanol–water partition coefficient (Wildman–Crippen LogP) is 1.88. The van der Waals surface area contributed by atoms with Crippen LogP contribution in [0.25, 0.3) is 0 Å². The number of methoxy groups -OCH3 is 1. The fourth-order valence-corrected chi connectivity index (χ4v) is 2.94. The van der Waals surface area contributed by atoms with Crippen LogP contribution in [0.15, 0.2) is 30.3 Å². The number of ether oxygens (including phenoxy) is 2. The van der Waals surface area contributed by atoms with Crippen molar-refractivity contribution in [1.82, 2.24) is 9.80 Å². The zero-order valence-electron chi connectivity index (χ0n) is 16.6. The van der Waals surface area contributed by atoms with E-state index in [9.17, 15) is 19.2 Å². The lowest BCUT2D eigenvalue weighted by atomic mass is 10.1. The summed E-state index contributed by atoms with van der Waals surface area (Å²) in [5.74, 6) is -2.20. The summed E-state index contributed by atoms with van der Waals surface area (Å²) >= 11 is 0. The van der Waals surface area contributed by atoms with Crippen LogP contribution in [-0.2, 0) is 19.1 Å². The van der Waals surface area contributed by atoms with E-state index in [1.807, 2.05) is 0 Å². The second-order valence-electron chi connectivity index (χ2n) is 7.49. The Kier molecular flexibility index (Phi) is 6.77. The van der Waals surface area contributed by atoms with Gasteiger partial charge in [-0.05, 0) is 39.3 Å². The monoisotopic (exact) mass is 390 g/mol. The number of hydrogen-bond donors (Lipinski definition) is 0. The lowest BCUT2D eigenvalue weighted by molar-refractivity contribution is -0.153. The molecule has 1 aromatic rings. The summed E-state index contributed by atoms with van der Waals surface area (Å²) in [6.07, 6.45) is -0.406. The topological polar surface area (TPSA) is 93.2 Å². The molecule has 2 amide bonds. The van der Waals surface area contributed by atoms with Crippen LogP contribution in [0.4, 0.5) is 4.79 Å². The molecule has 0 saturated carbocycles. The van der Waals surface area contributed by atoms with Gasteiger partial charge in [-0.25, -0.2) is 9.59 Å². The number of amides is 2. The average Bonchev–Trinajstić information content (AvgIpc) is 2.88. The fourth-order valence-electron chi connectivity index (χ4n) is 2.94. The summed E-state index contributed by atoms with van der Waals surface area (Å²) in [6.45, 7) is 5.76. The summed E-state index contributed by atoms with van der Waals surface area (Å²) in [4.78, 5) is 52.5. The molecule has 2 rings (SSSR count). The minimum atomic E-state index is -1.01. The molecule has 0 aliphatic carbocycles. The molecule has 0 bridgehead atoms. The SMILES string of the molecule is COC(=O)C(=O)C1CCN(C(=O)OC(C)(C)C)CCN1C(=O)c1ccccc1. The van der Waals surface area contributed by atoms with Gasteiger partial charge in [0.15, 0.2) is 0 Å². The first-order valence-electron chi connectivity index (χ1n) is 9.10. The third-order valence-electron chi connectivity index (χ3n) is 4.28. The van der Waals surface area contributed by atoms with Crippen LogP contribution >= 0.6 is 0 Å². The van der Waals surface area contributed by atoms with Gasteiger partial charge in [-0.15, -0.1) is 0 Å². The second kappa shape index (κ2) is 8.86. The Bertz CT molecular complexity index is 741. The minimum absolute atomic E-state index is 0.0976. The van der Waals surface area contributed by atoms with Gasteiger partial charge in [-0.1, -0.05) is 18.2 Å². The zero-order valence-corrected chi connectivity index (χ0v) is 16.6. The Balaban J connectivity index is 2.26. The maximum atomic E-state index is 13.0. The summed E-state index contributed by atoms with van der Waals surface area (Å²) in [6, 6.07) is 7.48. The van der Waals surface area contributed by atoms with Gasteiger partial charge in [0.05, 0.1) is 7.11 Å². The highest BCUT2D eigenvalue weighted by Crippen LogP contribution is 2.19. The molecule has 8 heteroatoms. The normalized spacial score (nSPS) is 17.5. The lowest BCUT2D eigenvalue weighted by Crippen LogP contribution is -2.48. The molecule has 0 radical (unpaired) electrons. The lowest BCUT2D eigenvalue weighted by Gasteiger charge is -2.28. The van der Waals surface area contributed by atoms with Crippen molar-refractivity contribution >= 4 is 23.8 Å². The highest BCUT2D eigenvalue weighted by molar-refractivity contribution is 6.36. The van der Waals surface area contributed by atoms with Crippen LogP contribution < -0.4 is 0 Å². The number of ketones is 1. The molecule has 28 heavy (non-hydrogen) atoms. The van der Waals surface area contributed by atoms with Crippen molar-refractivity contribution < 1.29 is 28.7 Å². The molecule has 0 aromatic heterocycles. The molecule has 1 aromatic carbocycles. The molecule has 0 N–H and O–H groups in total. The standard InChI is InChI=1S/C20H26N2O6/c1-20(2,3)28-19(26)21-11-10-15(16(23)18(25)27-4)22(13-12-21)17(24)14-8-6-5-7-9-14/h5-9,15H,10-13H2,1-4H3. The molecular weight excluding hydrogens is 364 g/mol. The van der Waals surface area contributed by atoms with Crippen molar-refractivity contribution in [2.75, 3.05) is 26.7 Å². The van der Waals surface area contributed by atoms with Crippen molar-refractivity contribution in [2.24, 2.45) is 0 Å². The number of carbonyl (C=O) groups is 4. The summed E-state index contributed by atoms with van der Waals surface area (Å²) in [5, 5.41) is 0.